The molecule has 0 aromatic carbocycles. The Morgan fingerprint density at radius 3 is 1.40 bits per heavy atom. The van der Waals surface area contributed by atoms with Crippen LogP contribution in [0.25, 0.3) is 0 Å². The summed E-state index contributed by atoms with van der Waals surface area (Å²) in [6.07, 6.45) is 11.4. The first kappa shape index (κ1) is 26.0. The molecule has 143 valence electrons. The fourth-order valence-corrected chi connectivity index (χ4v) is 3.09. The zero-order chi connectivity index (χ0) is 17.9. The molecule has 10 heteroatoms. The first-order valence-corrected chi connectivity index (χ1v) is 10.7. The number of nitrogens with zero attached hydrogens (tertiary/aromatic N) is 1. The summed E-state index contributed by atoms with van der Waals surface area (Å²) >= 11 is 27.3. The van der Waals surface area contributed by atoms with Crippen molar-refractivity contribution >= 4 is 88.0 Å². The second kappa shape index (κ2) is 15.0. The van der Waals surface area contributed by atoms with Gasteiger partial charge in [0.2, 0.25) is 0 Å². The predicted molar refractivity (Wildman–Crippen MR) is 123 cm³/mol. The topological polar surface area (TPSA) is 36.4 Å². The molecule has 3 nitrogen and oxygen atoms in total. The van der Waals surface area contributed by atoms with Gasteiger partial charge in [-0.1, -0.05) is 16.5 Å². The Labute approximate surface area is 195 Å². The SMILES string of the molecule is S=C(S)NC1CCC1.S=C([S-])NC1CCC1.[Fe+3].[S-]C([S-])=NC1CCC1. The summed E-state index contributed by atoms with van der Waals surface area (Å²) in [5.41, 5.74) is 0. The molecule has 2 N–H and O–H groups in total. The number of rotatable bonds is 3. The van der Waals surface area contributed by atoms with Gasteiger partial charge in [-0.15, -0.1) is 12.6 Å². The van der Waals surface area contributed by atoms with Crippen LogP contribution in [0.4, 0.5) is 0 Å². The van der Waals surface area contributed by atoms with E-state index in [4.69, 9.17) is 12.2 Å². The van der Waals surface area contributed by atoms with E-state index in [1.165, 1.54) is 57.8 Å². The zero-order valence-electron chi connectivity index (χ0n) is 13.9. The van der Waals surface area contributed by atoms with Gasteiger partial charge in [-0.05, 0) is 57.8 Å². The van der Waals surface area contributed by atoms with E-state index < -0.39 is 0 Å². The van der Waals surface area contributed by atoms with Gasteiger partial charge in [-0.25, -0.2) is 4.38 Å². The zero-order valence-corrected chi connectivity index (χ0v) is 20.0. The molecule has 0 heterocycles. The third-order valence-electron chi connectivity index (χ3n) is 4.22. The Bertz CT molecular complexity index is 407. The number of hydrogen-bond acceptors (Lipinski definition) is 6. The summed E-state index contributed by atoms with van der Waals surface area (Å²) in [4.78, 5) is 4.03. The summed E-state index contributed by atoms with van der Waals surface area (Å²) in [5.74, 6) is 0. The van der Waals surface area contributed by atoms with Gasteiger partial charge < -0.3 is 65.7 Å². The van der Waals surface area contributed by atoms with Crippen LogP contribution in [0, 0.1) is 0 Å². The molecule has 0 aliphatic heterocycles. The van der Waals surface area contributed by atoms with Gasteiger partial charge in [-0.3, -0.25) is 0 Å². The predicted octanol–water partition coefficient (Wildman–Crippen LogP) is 3.29. The van der Waals surface area contributed by atoms with Gasteiger partial charge in [0.05, 0.1) is 0 Å². The largest absolute Gasteiger partial charge is 3.00 e. The summed E-state index contributed by atoms with van der Waals surface area (Å²) in [7, 11) is 0. The number of aliphatic imine (C=N–C) groups is 1. The Morgan fingerprint density at radius 2 is 1.28 bits per heavy atom. The van der Waals surface area contributed by atoms with Crippen molar-refractivity contribution in [3.63, 3.8) is 0 Å². The van der Waals surface area contributed by atoms with E-state index >= 15 is 0 Å². The van der Waals surface area contributed by atoms with Crippen LogP contribution < -0.4 is 10.6 Å². The number of nitrogens with one attached hydrogen (secondary N) is 2. The number of thiol groups is 1. The molecule has 3 aliphatic rings. The molecule has 0 spiro atoms. The van der Waals surface area contributed by atoms with E-state index in [-0.39, 0.29) is 17.1 Å². The van der Waals surface area contributed by atoms with Gasteiger partial charge >= 0.3 is 17.1 Å². The van der Waals surface area contributed by atoms with Crippen molar-refractivity contribution in [2.75, 3.05) is 0 Å². The fraction of sp³-hybridized carbons (Fsp3) is 0.800. The standard InChI is InChI=1S/3C5H9NS2.Fe/c3*7-5(8)6-4-2-1-3-4;/h3*4H,1-3H2,(H2,6,7,8);/q;;;+3/p-3. The maximum absolute atomic E-state index is 4.73. The molecule has 0 saturated heterocycles. The Kier molecular flexibility index (Phi) is 15.6. The van der Waals surface area contributed by atoms with Crippen LogP contribution in [0.15, 0.2) is 4.99 Å². The van der Waals surface area contributed by atoms with Crippen molar-refractivity contribution in [1.82, 2.24) is 10.6 Å². The molecule has 3 saturated carbocycles. The van der Waals surface area contributed by atoms with Crippen molar-refractivity contribution in [1.29, 1.82) is 0 Å². The van der Waals surface area contributed by atoms with Gasteiger partial charge in [-0.2, -0.15) is 0 Å². The van der Waals surface area contributed by atoms with E-state index in [0.717, 1.165) is 0 Å². The minimum atomic E-state index is 0. The second-order valence-corrected chi connectivity index (χ2v) is 9.38. The monoisotopic (exact) mass is 494 g/mol. The van der Waals surface area contributed by atoms with Crippen LogP contribution in [0.3, 0.4) is 0 Å². The second-order valence-electron chi connectivity index (χ2n) is 6.12. The van der Waals surface area contributed by atoms with Crippen LogP contribution in [0.1, 0.15) is 57.8 Å². The van der Waals surface area contributed by atoms with E-state index in [1.807, 2.05) is 0 Å². The van der Waals surface area contributed by atoms with Crippen molar-refractivity contribution in [2.24, 2.45) is 4.99 Å². The maximum Gasteiger partial charge on any atom is 3.00 e. The summed E-state index contributed by atoms with van der Waals surface area (Å²) < 4.78 is 1.55. The van der Waals surface area contributed by atoms with Crippen LogP contribution >= 0.6 is 37.1 Å². The molecular formula is C15H24FeN3S6. The Balaban J connectivity index is 0.000000339. The Morgan fingerprint density at radius 1 is 0.840 bits per heavy atom. The molecule has 0 atom stereocenters. The molecular weight excluding hydrogens is 470 g/mol. The summed E-state index contributed by atoms with van der Waals surface area (Å²) in [6.45, 7) is 0. The van der Waals surface area contributed by atoms with E-state index in [0.29, 0.717) is 31.1 Å². The normalized spacial score (nSPS) is 18.8. The molecule has 0 aromatic heterocycles. The van der Waals surface area contributed by atoms with Crippen molar-refractivity contribution in [2.45, 2.75) is 75.9 Å². The average Bonchev–Trinajstić information content (AvgIpc) is 2.35. The molecule has 1 radical (unpaired) electrons. The van der Waals surface area contributed by atoms with Gasteiger partial charge in [0.1, 0.15) is 4.32 Å². The Hall–Kier alpha value is 0.979. The summed E-state index contributed by atoms with van der Waals surface area (Å²) in [6, 6.07) is 1.74. The van der Waals surface area contributed by atoms with Crippen molar-refractivity contribution in [3.05, 3.63) is 0 Å². The molecule has 3 rings (SSSR count). The van der Waals surface area contributed by atoms with Crippen molar-refractivity contribution < 1.29 is 17.1 Å². The quantitative estimate of drug-likeness (QED) is 0.139. The van der Waals surface area contributed by atoms with E-state index in [1.54, 1.807) is 0 Å². The van der Waals surface area contributed by atoms with Crippen LogP contribution in [0.2, 0.25) is 0 Å². The van der Waals surface area contributed by atoms with E-state index in [2.05, 4.69) is 78.4 Å². The maximum atomic E-state index is 4.73. The minimum absolute atomic E-state index is 0. The first-order chi connectivity index (χ1) is 11.4. The van der Waals surface area contributed by atoms with Gasteiger partial charge in [0.25, 0.3) is 0 Å². The van der Waals surface area contributed by atoms with Crippen LogP contribution in [-0.4, -0.2) is 31.1 Å². The van der Waals surface area contributed by atoms with Gasteiger partial charge in [0.15, 0.2) is 0 Å². The molecule has 3 fully saturated rings. The first-order valence-electron chi connectivity index (χ1n) is 8.25. The molecule has 0 amide bonds. The third kappa shape index (κ3) is 13.7. The molecule has 3 aliphatic carbocycles. The van der Waals surface area contributed by atoms with Gasteiger partial charge in [0, 0.05) is 18.1 Å². The van der Waals surface area contributed by atoms with E-state index in [9.17, 15) is 0 Å². The summed E-state index contributed by atoms with van der Waals surface area (Å²) in [5, 5.41) is 6.10. The fourth-order valence-electron chi connectivity index (χ4n) is 2.11. The van der Waals surface area contributed by atoms with Crippen molar-refractivity contribution in [3.8, 4) is 0 Å². The molecule has 0 aromatic rings. The molecule has 0 bridgehead atoms. The number of thiocarbonyl (C=S) groups is 2. The number of hydrogen-bond donors (Lipinski definition) is 3. The smallest absolute Gasteiger partial charge is 0.789 e. The molecule has 0 unspecified atom stereocenters. The average molecular weight is 495 g/mol. The minimum Gasteiger partial charge on any atom is -0.789 e. The molecule has 25 heavy (non-hydrogen) atoms. The van der Waals surface area contributed by atoms with Crippen LogP contribution in [0.5, 0.6) is 0 Å². The third-order valence-corrected chi connectivity index (χ3v) is 4.92. The van der Waals surface area contributed by atoms with Crippen LogP contribution in [-0.2, 0) is 55.0 Å².